The van der Waals surface area contributed by atoms with Gasteiger partial charge in [0, 0.05) is 37.4 Å². The van der Waals surface area contributed by atoms with E-state index in [0.29, 0.717) is 32.1 Å². The molecule has 172 valence electrons. The molecule has 32 heavy (non-hydrogen) atoms. The van der Waals surface area contributed by atoms with Crippen molar-refractivity contribution in [3.05, 3.63) is 53.6 Å². The van der Waals surface area contributed by atoms with E-state index in [4.69, 9.17) is 0 Å². The number of hydrogen-bond acceptors (Lipinski definition) is 4. The van der Waals surface area contributed by atoms with Gasteiger partial charge >= 0.3 is 0 Å². The van der Waals surface area contributed by atoms with Crippen LogP contribution in [0.2, 0.25) is 0 Å². The lowest BCUT2D eigenvalue weighted by atomic mass is 10.0. The van der Waals surface area contributed by atoms with Crippen LogP contribution < -0.4 is 10.2 Å². The molecule has 1 amide bonds. The first kappa shape index (κ1) is 22.7. The van der Waals surface area contributed by atoms with E-state index in [0.717, 1.165) is 37.8 Å². The van der Waals surface area contributed by atoms with Crippen molar-refractivity contribution >= 4 is 27.3 Å². The summed E-state index contributed by atoms with van der Waals surface area (Å²) in [7, 11) is -3.61. The fraction of sp³-hybridized carbons (Fsp3) is 0.435. The molecule has 2 aliphatic rings. The van der Waals surface area contributed by atoms with E-state index < -0.39 is 27.6 Å². The number of anilines is 2. The van der Waals surface area contributed by atoms with Crippen LogP contribution >= 0.6 is 0 Å². The highest BCUT2D eigenvalue weighted by atomic mass is 32.2. The molecule has 6 nitrogen and oxygen atoms in total. The molecular formula is C23H27F2N3O3S. The molecule has 2 fully saturated rings. The predicted octanol–water partition coefficient (Wildman–Crippen LogP) is 4.24. The van der Waals surface area contributed by atoms with Crippen molar-refractivity contribution in [1.29, 1.82) is 0 Å². The summed E-state index contributed by atoms with van der Waals surface area (Å²) in [5.41, 5.74) is 0.134. The van der Waals surface area contributed by atoms with Crippen molar-refractivity contribution in [3.8, 4) is 0 Å². The molecule has 0 spiro atoms. The summed E-state index contributed by atoms with van der Waals surface area (Å²) in [5, 5.41) is 2.49. The summed E-state index contributed by atoms with van der Waals surface area (Å²) in [6.45, 7) is 4.28. The van der Waals surface area contributed by atoms with Crippen LogP contribution in [0.25, 0.3) is 0 Å². The van der Waals surface area contributed by atoms with Gasteiger partial charge in [0.1, 0.15) is 5.69 Å². The number of halogens is 2. The number of rotatable bonds is 5. The number of nitrogens with one attached hydrogen (secondary N) is 1. The summed E-state index contributed by atoms with van der Waals surface area (Å²) in [6, 6.07) is 7.79. The molecule has 2 heterocycles. The van der Waals surface area contributed by atoms with E-state index in [1.165, 1.54) is 28.6 Å². The summed E-state index contributed by atoms with van der Waals surface area (Å²) < 4.78 is 56.1. The fourth-order valence-electron chi connectivity index (χ4n) is 4.24. The van der Waals surface area contributed by atoms with Crippen molar-refractivity contribution < 1.29 is 22.0 Å². The minimum Gasteiger partial charge on any atom is -0.367 e. The fourth-order valence-corrected chi connectivity index (χ4v) is 5.71. The zero-order chi connectivity index (χ0) is 22.9. The summed E-state index contributed by atoms with van der Waals surface area (Å²) in [5.74, 6) is -1.51. The Balaban J connectivity index is 1.46. The zero-order valence-corrected chi connectivity index (χ0v) is 18.8. The van der Waals surface area contributed by atoms with Crippen molar-refractivity contribution in [2.75, 3.05) is 36.4 Å². The second kappa shape index (κ2) is 9.15. The van der Waals surface area contributed by atoms with Gasteiger partial charge in [0.15, 0.2) is 11.6 Å². The van der Waals surface area contributed by atoms with Gasteiger partial charge in [0.25, 0.3) is 5.91 Å². The Bertz CT molecular complexity index is 1070. The molecule has 9 heteroatoms. The lowest BCUT2D eigenvalue weighted by Crippen LogP contribution is -2.37. The van der Waals surface area contributed by atoms with Crippen molar-refractivity contribution in [2.24, 2.45) is 5.92 Å². The van der Waals surface area contributed by atoms with Gasteiger partial charge in [-0.25, -0.2) is 17.2 Å². The standard InChI is InChI=1S/C23H27F2N3O3S/c1-16-8-12-28(13-9-16)32(30,31)19-6-4-17(5-7-19)23(29)26-18-14-20(24)22(21(25)15-18)27-10-2-3-11-27/h4-7,14-16H,2-3,8-13H2,1H3,(H,26,29). The number of carbonyl (C=O) groups is 1. The zero-order valence-electron chi connectivity index (χ0n) is 18.0. The maximum absolute atomic E-state index is 14.5. The lowest BCUT2D eigenvalue weighted by molar-refractivity contribution is 0.102. The van der Waals surface area contributed by atoms with Gasteiger partial charge in [-0.3, -0.25) is 4.79 Å². The summed E-state index contributed by atoms with van der Waals surface area (Å²) in [6.07, 6.45) is 3.42. The molecule has 2 aromatic carbocycles. The monoisotopic (exact) mass is 463 g/mol. The van der Waals surface area contributed by atoms with Crippen LogP contribution in [0.5, 0.6) is 0 Å². The molecule has 0 unspecified atom stereocenters. The highest BCUT2D eigenvalue weighted by Gasteiger charge is 2.28. The van der Waals surface area contributed by atoms with E-state index in [9.17, 15) is 22.0 Å². The molecule has 2 aliphatic heterocycles. The Hall–Kier alpha value is -2.52. The van der Waals surface area contributed by atoms with E-state index in [2.05, 4.69) is 12.2 Å². The minimum atomic E-state index is -3.61. The maximum atomic E-state index is 14.5. The largest absolute Gasteiger partial charge is 0.367 e. The summed E-state index contributed by atoms with van der Waals surface area (Å²) in [4.78, 5) is 14.3. The maximum Gasteiger partial charge on any atom is 0.255 e. The molecule has 1 N–H and O–H groups in total. The highest BCUT2D eigenvalue weighted by Crippen LogP contribution is 2.30. The Kier molecular flexibility index (Phi) is 6.48. The van der Waals surface area contributed by atoms with Crippen molar-refractivity contribution in [3.63, 3.8) is 0 Å². The average Bonchev–Trinajstić information content (AvgIpc) is 3.28. The average molecular weight is 464 g/mol. The number of benzene rings is 2. The molecule has 4 rings (SSSR count). The molecular weight excluding hydrogens is 436 g/mol. The highest BCUT2D eigenvalue weighted by molar-refractivity contribution is 7.89. The number of sulfonamides is 1. The van der Waals surface area contributed by atoms with Gasteiger partial charge in [0.2, 0.25) is 10.0 Å². The third-order valence-electron chi connectivity index (χ3n) is 6.19. The van der Waals surface area contributed by atoms with Gasteiger partial charge in [-0.15, -0.1) is 0 Å². The third kappa shape index (κ3) is 4.63. The lowest BCUT2D eigenvalue weighted by Gasteiger charge is -2.29. The topological polar surface area (TPSA) is 69.7 Å². The van der Waals surface area contributed by atoms with Gasteiger partial charge in [-0.05, 0) is 68.0 Å². The number of carbonyl (C=O) groups excluding carboxylic acids is 1. The van der Waals surface area contributed by atoms with E-state index in [1.54, 1.807) is 4.90 Å². The minimum absolute atomic E-state index is 0.00656. The number of piperidine rings is 1. The Morgan fingerprint density at radius 3 is 2.09 bits per heavy atom. The van der Waals surface area contributed by atoms with E-state index in [1.807, 2.05) is 0 Å². The molecule has 2 saturated heterocycles. The first-order valence-electron chi connectivity index (χ1n) is 10.9. The molecule has 0 atom stereocenters. The van der Waals surface area contributed by atoms with Crippen LogP contribution in [-0.2, 0) is 10.0 Å². The Morgan fingerprint density at radius 2 is 1.53 bits per heavy atom. The number of nitrogens with zero attached hydrogens (tertiary/aromatic N) is 2. The predicted molar refractivity (Wildman–Crippen MR) is 119 cm³/mol. The molecule has 0 radical (unpaired) electrons. The molecule has 0 bridgehead atoms. The van der Waals surface area contributed by atoms with Crippen LogP contribution in [0.15, 0.2) is 41.3 Å². The van der Waals surface area contributed by atoms with Gasteiger partial charge in [-0.1, -0.05) is 6.92 Å². The number of hydrogen-bond donors (Lipinski definition) is 1. The van der Waals surface area contributed by atoms with Crippen LogP contribution in [-0.4, -0.2) is 44.8 Å². The van der Waals surface area contributed by atoms with Crippen molar-refractivity contribution in [2.45, 2.75) is 37.5 Å². The number of amides is 1. The van der Waals surface area contributed by atoms with Crippen LogP contribution in [0.4, 0.5) is 20.2 Å². The quantitative estimate of drug-likeness (QED) is 0.720. The van der Waals surface area contributed by atoms with Gasteiger partial charge in [0.05, 0.1) is 4.90 Å². The molecule has 0 saturated carbocycles. The Labute approximate surface area is 187 Å². The van der Waals surface area contributed by atoms with Gasteiger partial charge < -0.3 is 10.2 Å². The SMILES string of the molecule is CC1CCN(S(=O)(=O)c2ccc(C(=O)Nc3cc(F)c(N4CCCC4)c(F)c3)cc2)CC1. The van der Waals surface area contributed by atoms with E-state index >= 15 is 0 Å². The third-order valence-corrected chi connectivity index (χ3v) is 8.11. The molecule has 0 aliphatic carbocycles. The second-order valence-corrected chi connectivity index (χ2v) is 10.5. The van der Waals surface area contributed by atoms with E-state index in [-0.39, 0.29) is 21.8 Å². The van der Waals surface area contributed by atoms with Crippen LogP contribution in [0.1, 0.15) is 43.0 Å². The smallest absolute Gasteiger partial charge is 0.255 e. The first-order chi connectivity index (χ1) is 15.3. The van der Waals surface area contributed by atoms with Crippen LogP contribution in [0, 0.1) is 17.6 Å². The molecule has 0 aromatic heterocycles. The normalized spacial score (nSPS) is 18.2. The van der Waals surface area contributed by atoms with Crippen molar-refractivity contribution in [1.82, 2.24) is 4.31 Å². The van der Waals surface area contributed by atoms with Gasteiger partial charge in [-0.2, -0.15) is 4.31 Å². The summed E-state index contributed by atoms with van der Waals surface area (Å²) >= 11 is 0. The Morgan fingerprint density at radius 1 is 0.969 bits per heavy atom. The second-order valence-electron chi connectivity index (χ2n) is 8.55. The first-order valence-corrected chi connectivity index (χ1v) is 12.4. The molecule has 2 aromatic rings. The van der Waals surface area contributed by atoms with Crippen LogP contribution in [0.3, 0.4) is 0 Å².